The fourth-order valence-corrected chi connectivity index (χ4v) is 2.58. The number of aliphatic hydroxyl groups is 2. The molecule has 18 heavy (non-hydrogen) atoms. The van der Waals surface area contributed by atoms with Crippen molar-refractivity contribution in [3.63, 3.8) is 0 Å². The lowest BCUT2D eigenvalue weighted by Gasteiger charge is -2.40. The number of nitrogens with zero attached hydrogens (tertiary/aromatic N) is 1. The smallest absolute Gasteiger partial charge is 0.0681 e. The molecule has 0 heterocycles. The van der Waals surface area contributed by atoms with Crippen LogP contribution in [0.25, 0.3) is 0 Å². The molecule has 100 valence electrons. The van der Waals surface area contributed by atoms with Gasteiger partial charge in [-0.05, 0) is 49.8 Å². The van der Waals surface area contributed by atoms with Crippen LogP contribution in [0.2, 0.25) is 0 Å². The van der Waals surface area contributed by atoms with Gasteiger partial charge in [-0.15, -0.1) is 0 Å². The van der Waals surface area contributed by atoms with Gasteiger partial charge in [0.15, 0.2) is 0 Å². The number of benzene rings is 1. The molecule has 0 atom stereocenters. The van der Waals surface area contributed by atoms with Crippen molar-refractivity contribution in [3.05, 3.63) is 29.3 Å². The van der Waals surface area contributed by atoms with Crippen LogP contribution in [0.1, 0.15) is 36.8 Å². The highest BCUT2D eigenvalue weighted by Gasteiger charge is 2.25. The molecule has 1 aliphatic carbocycles. The second kappa shape index (κ2) is 6.21. The maximum atomic E-state index is 9.15. The molecular weight excluding hydrogens is 226 g/mol. The summed E-state index contributed by atoms with van der Waals surface area (Å²) in [6.45, 7) is 3.36. The van der Waals surface area contributed by atoms with Crippen molar-refractivity contribution in [2.75, 3.05) is 18.1 Å². The Morgan fingerprint density at radius 1 is 1.28 bits per heavy atom. The summed E-state index contributed by atoms with van der Waals surface area (Å²) in [6.07, 6.45) is 4.64. The Bertz CT molecular complexity index is 388. The minimum Gasteiger partial charge on any atom is -0.396 e. The molecule has 0 aliphatic heterocycles. The molecule has 1 aliphatic rings. The second-order valence-corrected chi connectivity index (χ2v) is 5.13. The average molecular weight is 249 g/mol. The first-order chi connectivity index (χ1) is 8.76. The van der Waals surface area contributed by atoms with Crippen molar-refractivity contribution in [1.82, 2.24) is 0 Å². The molecule has 0 bridgehead atoms. The molecule has 1 aromatic rings. The van der Waals surface area contributed by atoms with E-state index in [1.54, 1.807) is 0 Å². The van der Waals surface area contributed by atoms with Gasteiger partial charge in [0.2, 0.25) is 0 Å². The predicted molar refractivity (Wildman–Crippen MR) is 73.8 cm³/mol. The van der Waals surface area contributed by atoms with Crippen LogP contribution in [-0.2, 0) is 6.61 Å². The Kier molecular flexibility index (Phi) is 4.61. The standard InChI is InChI=1S/C15H23NO2/c1-12-10-13(11-18)6-7-15(12)16(8-3-9-17)14-4-2-5-14/h6-7,10,14,17-18H,2-5,8-9,11H2,1H3. The topological polar surface area (TPSA) is 43.7 Å². The van der Waals surface area contributed by atoms with E-state index in [0.717, 1.165) is 18.5 Å². The zero-order valence-corrected chi connectivity index (χ0v) is 11.1. The molecule has 1 saturated carbocycles. The van der Waals surface area contributed by atoms with Gasteiger partial charge in [-0.25, -0.2) is 0 Å². The van der Waals surface area contributed by atoms with Gasteiger partial charge < -0.3 is 15.1 Å². The summed E-state index contributed by atoms with van der Waals surface area (Å²) in [6, 6.07) is 6.79. The minimum absolute atomic E-state index is 0.0984. The quantitative estimate of drug-likeness (QED) is 0.812. The molecule has 0 unspecified atom stereocenters. The molecule has 1 aromatic carbocycles. The lowest BCUT2D eigenvalue weighted by atomic mass is 9.90. The summed E-state index contributed by atoms with van der Waals surface area (Å²) in [5.41, 5.74) is 3.43. The molecular formula is C15H23NO2. The second-order valence-electron chi connectivity index (χ2n) is 5.13. The van der Waals surface area contributed by atoms with E-state index in [-0.39, 0.29) is 13.2 Å². The lowest BCUT2D eigenvalue weighted by Crippen LogP contribution is -2.41. The van der Waals surface area contributed by atoms with E-state index in [9.17, 15) is 0 Å². The predicted octanol–water partition coefficient (Wildman–Crippen LogP) is 2.23. The Morgan fingerprint density at radius 2 is 2.06 bits per heavy atom. The largest absolute Gasteiger partial charge is 0.396 e. The van der Waals surface area contributed by atoms with Crippen LogP contribution in [0.4, 0.5) is 5.69 Å². The van der Waals surface area contributed by atoms with Gasteiger partial charge in [-0.1, -0.05) is 12.1 Å². The molecule has 1 fully saturated rings. The van der Waals surface area contributed by atoms with Crippen LogP contribution in [-0.4, -0.2) is 29.4 Å². The van der Waals surface area contributed by atoms with E-state index in [2.05, 4.69) is 24.0 Å². The maximum Gasteiger partial charge on any atom is 0.0681 e. The van der Waals surface area contributed by atoms with Crippen molar-refractivity contribution >= 4 is 5.69 Å². The Morgan fingerprint density at radius 3 is 2.56 bits per heavy atom. The first-order valence-corrected chi connectivity index (χ1v) is 6.84. The van der Waals surface area contributed by atoms with E-state index in [4.69, 9.17) is 10.2 Å². The SMILES string of the molecule is Cc1cc(CO)ccc1N(CCCO)C1CCC1. The van der Waals surface area contributed by atoms with E-state index in [1.165, 1.54) is 30.5 Å². The van der Waals surface area contributed by atoms with Gasteiger partial charge in [-0.3, -0.25) is 0 Å². The minimum atomic E-state index is 0.0984. The molecule has 2 N–H and O–H groups in total. The van der Waals surface area contributed by atoms with Gasteiger partial charge in [0, 0.05) is 24.9 Å². The summed E-state index contributed by atoms with van der Waals surface area (Å²) >= 11 is 0. The van der Waals surface area contributed by atoms with E-state index in [0.29, 0.717) is 6.04 Å². The van der Waals surface area contributed by atoms with Crippen LogP contribution in [0.5, 0.6) is 0 Å². The van der Waals surface area contributed by atoms with Crippen LogP contribution in [0.15, 0.2) is 18.2 Å². The zero-order chi connectivity index (χ0) is 13.0. The van der Waals surface area contributed by atoms with Gasteiger partial charge in [0.25, 0.3) is 0 Å². The van der Waals surface area contributed by atoms with Crippen molar-refractivity contribution < 1.29 is 10.2 Å². The van der Waals surface area contributed by atoms with E-state index >= 15 is 0 Å². The van der Waals surface area contributed by atoms with Gasteiger partial charge in [-0.2, -0.15) is 0 Å². The normalized spacial score (nSPS) is 15.5. The summed E-state index contributed by atoms with van der Waals surface area (Å²) in [7, 11) is 0. The lowest BCUT2D eigenvalue weighted by molar-refractivity contribution is 0.281. The zero-order valence-electron chi connectivity index (χ0n) is 11.1. The number of hydrogen-bond donors (Lipinski definition) is 2. The van der Waals surface area contributed by atoms with Crippen molar-refractivity contribution in [1.29, 1.82) is 0 Å². The number of rotatable bonds is 6. The fourth-order valence-electron chi connectivity index (χ4n) is 2.58. The van der Waals surface area contributed by atoms with Gasteiger partial charge >= 0.3 is 0 Å². The molecule has 0 saturated heterocycles. The Balaban J connectivity index is 2.18. The van der Waals surface area contributed by atoms with Crippen molar-refractivity contribution in [2.45, 2.75) is 45.3 Å². The Hall–Kier alpha value is -1.06. The molecule has 0 aromatic heterocycles. The molecule has 2 rings (SSSR count). The molecule has 0 spiro atoms. The first-order valence-electron chi connectivity index (χ1n) is 6.84. The number of aryl methyl sites for hydroxylation is 1. The molecule has 0 amide bonds. The van der Waals surface area contributed by atoms with E-state index < -0.39 is 0 Å². The third-order valence-corrected chi connectivity index (χ3v) is 3.83. The molecule has 3 heteroatoms. The molecule has 3 nitrogen and oxygen atoms in total. The Labute approximate surface area is 109 Å². The first kappa shape index (κ1) is 13.4. The number of aliphatic hydroxyl groups excluding tert-OH is 2. The van der Waals surface area contributed by atoms with Crippen molar-refractivity contribution in [3.8, 4) is 0 Å². The van der Waals surface area contributed by atoms with E-state index in [1.807, 2.05) is 6.07 Å². The average Bonchev–Trinajstić information content (AvgIpc) is 2.32. The highest BCUT2D eigenvalue weighted by atomic mass is 16.3. The van der Waals surface area contributed by atoms with Crippen LogP contribution in [0.3, 0.4) is 0 Å². The molecule has 0 radical (unpaired) electrons. The summed E-state index contributed by atoms with van der Waals surface area (Å²) in [5.74, 6) is 0. The van der Waals surface area contributed by atoms with Crippen LogP contribution >= 0.6 is 0 Å². The van der Waals surface area contributed by atoms with Gasteiger partial charge in [0.05, 0.1) is 6.61 Å². The fraction of sp³-hybridized carbons (Fsp3) is 0.600. The summed E-state index contributed by atoms with van der Waals surface area (Å²) in [4.78, 5) is 2.43. The number of hydrogen-bond acceptors (Lipinski definition) is 3. The monoisotopic (exact) mass is 249 g/mol. The van der Waals surface area contributed by atoms with Crippen molar-refractivity contribution in [2.24, 2.45) is 0 Å². The third kappa shape index (κ3) is 2.85. The van der Waals surface area contributed by atoms with Crippen LogP contribution < -0.4 is 4.90 Å². The maximum absolute atomic E-state index is 9.15. The number of anilines is 1. The summed E-state index contributed by atoms with van der Waals surface area (Å²) in [5, 5.41) is 18.2. The third-order valence-electron chi connectivity index (χ3n) is 3.83. The summed E-state index contributed by atoms with van der Waals surface area (Å²) < 4.78 is 0. The highest BCUT2D eigenvalue weighted by Crippen LogP contribution is 2.32. The highest BCUT2D eigenvalue weighted by molar-refractivity contribution is 5.55. The van der Waals surface area contributed by atoms with Crippen LogP contribution in [0, 0.1) is 6.92 Å². The van der Waals surface area contributed by atoms with Gasteiger partial charge in [0.1, 0.15) is 0 Å².